The standard InChI is InChI=1S/C17H24BrN3O3.HI/c1-11-9-21(10-13(11)16(22)24-4)17(19-2)20-8-12-5-6-15(23-3)14(18)7-12;/h5-7,11,13H,8-10H2,1-4H3,(H,19,20);1H. The molecule has 1 aromatic rings. The van der Waals surface area contributed by atoms with Crippen LogP contribution in [0.25, 0.3) is 0 Å². The second-order valence-electron chi connectivity index (χ2n) is 5.88. The van der Waals surface area contributed by atoms with Gasteiger partial charge >= 0.3 is 5.97 Å². The number of hydrogen-bond acceptors (Lipinski definition) is 4. The van der Waals surface area contributed by atoms with E-state index >= 15 is 0 Å². The van der Waals surface area contributed by atoms with Crippen molar-refractivity contribution in [2.24, 2.45) is 16.8 Å². The number of carbonyl (C=O) groups excluding carboxylic acids is 1. The smallest absolute Gasteiger partial charge is 0.310 e. The molecule has 2 atom stereocenters. The van der Waals surface area contributed by atoms with Crippen LogP contribution in [0.5, 0.6) is 5.75 Å². The summed E-state index contributed by atoms with van der Waals surface area (Å²) in [7, 11) is 4.83. The van der Waals surface area contributed by atoms with Crippen LogP contribution in [0.2, 0.25) is 0 Å². The topological polar surface area (TPSA) is 63.2 Å². The van der Waals surface area contributed by atoms with Crippen LogP contribution in [0.1, 0.15) is 12.5 Å². The zero-order chi connectivity index (χ0) is 17.7. The highest BCUT2D eigenvalue weighted by molar-refractivity contribution is 14.0. The number of rotatable bonds is 4. The molecule has 0 bridgehead atoms. The Kier molecular flexibility index (Phi) is 8.98. The fourth-order valence-electron chi connectivity index (χ4n) is 2.93. The third-order valence-electron chi connectivity index (χ3n) is 4.29. The molecule has 1 aliphatic heterocycles. The lowest BCUT2D eigenvalue weighted by molar-refractivity contribution is -0.145. The van der Waals surface area contributed by atoms with Crippen molar-refractivity contribution in [3.8, 4) is 5.75 Å². The number of methoxy groups -OCH3 is 2. The quantitative estimate of drug-likeness (QED) is 0.283. The summed E-state index contributed by atoms with van der Waals surface area (Å²) in [5.41, 5.74) is 1.11. The number of esters is 1. The molecule has 8 heteroatoms. The number of carbonyl (C=O) groups is 1. The van der Waals surface area contributed by atoms with E-state index in [-0.39, 0.29) is 41.8 Å². The van der Waals surface area contributed by atoms with Crippen LogP contribution in [0.4, 0.5) is 0 Å². The van der Waals surface area contributed by atoms with Crippen molar-refractivity contribution in [3.63, 3.8) is 0 Å². The maximum absolute atomic E-state index is 11.8. The van der Waals surface area contributed by atoms with Gasteiger partial charge in [0.25, 0.3) is 0 Å². The van der Waals surface area contributed by atoms with Crippen molar-refractivity contribution in [3.05, 3.63) is 28.2 Å². The average molecular weight is 526 g/mol. The molecule has 1 heterocycles. The molecule has 2 rings (SSSR count). The minimum absolute atomic E-state index is 0. The third kappa shape index (κ3) is 5.47. The van der Waals surface area contributed by atoms with Crippen molar-refractivity contribution in [2.45, 2.75) is 13.5 Å². The minimum atomic E-state index is -0.153. The van der Waals surface area contributed by atoms with Crippen molar-refractivity contribution < 1.29 is 14.3 Å². The van der Waals surface area contributed by atoms with Crippen molar-refractivity contribution >= 4 is 51.8 Å². The summed E-state index contributed by atoms with van der Waals surface area (Å²) >= 11 is 3.49. The number of hydrogen-bond donors (Lipinski definition) is 1. The van der Waals surface area contributed by atoms with E-state index in [4.69, 9.17) is 9.47 Å². The highest BCUT2D eigenvalue weighted by atomic mass is 127. The van der Waals surface area contributed by atoms with E-state index < -0.39 is 0 Å². The summed E-state index contributed by atoms with van der Waals surface area (Å²) in [6, 6.07) is 5.95. The number of nitrogens with zero attached hydrogens (tertiary/aromatic N) is 2. The van der Waals surface area contributed by atoms with Crippen molar-refractivity contribution in [1.82, 2.24) is 10.2 Å². The van der Waals surface area contributed by atoms with Gasteiger partial charge in [0.15, 0.2) is 5.96 Å². The molecule has 0 aliphatic carbocycles. The minimum Gasteiger partial charge on any atom is -0.496 e. The average Bonchev–Trinajstić information content (AvgIpc) is 2.96. The first kappa shape index (κ1) is 22.0. The monoisotopic (exact) mass is 525 g/mol. The molecule has 0 radical (unpaired) electrons. The predicted molar refractivity (Wildman–Crippen MR) is 113 cm³/mol. The SMILES string of the molecule is CN=C(NCc1ccc(OC)c(Br)c1)N1CC(C)C(C(=O)OC)C1.I. The van der Waals surface area contributed by atoms with Gasteiger partial charge in [-0.15, -0.1) is 24.0 Å². The summed E-state index contributed by atoms with van der Waals surface area (Å²) in [4.78, 5) is 18.3. The van der Waals surface area contributed by atoms with E-state index in [1.807, 2.05) is 18.2 Å². The van der Waals surface area contributed by atoms with Crippen LogP contribution in [-0.4, -0.2) is 51.2 Å². The summed E-state index contributed by atoms with van der Waals surface area (Å²) < 4.78 is 11.0. The molecular weight excluding hydrogens is 501 g/mol. The van der Waals surface area contributed by atoms with Gasteiger partial charge in [-0.3, -0.25) is 9.79 Å². The van der Waals surface area contributed by atoms with Crippen LogP contribution >= 0.6 is 39.9 Å². The van der Waals surface area contributed by atoms with Gasteiger partial charge in [-0.1, -0.05) is 13.0 Å². The first-order chi connectivity index (χ1) is 11.5. The number of halogens is 2. The first-order valence-corrected chi connectivity index (χ1v) is 8.65. The number of ether oxygens (including phenoxy) is 2. The molecule has 1 N–H and O–H groups in total. The van der Waals surface area contributed by atoms with Gasteiger partial charge in [0.05, 0.1) is 24.6 Å². The fourth-order valence-corrected chi connectivity index (χ4v) is 3.52. The Morgan fingerprint density at radius 3 is 2.68 bits per heavy atom. The van der Waals surface area contributed by atoms with Gasteiger partial charge in [0, 0.05) is 26.7 Å². The van der Waals surface area contributed by atoms with E-state index in [2.05, 4.69) is 38.1 Å². The largest absolute Gasteiger partial charge is 0.496 e. The van der Waals surface area contributed by atoms with Gasteiger partial charge < -0.3 is 19.7 Å². The Bertz CT molecular complexity index is 627. The second kappa shape index (κ2) is 10.2. The Morgan fingerprint density at radius 2 is 2.12 bits per heavy atom. The van der Waals surface area contributed by atoms with Gasteiger partial charge in [-0.2, -0.15) is 0 Å². The molecule has 0 saturated carbocycles. The molecule has 2 unspecified atom stereocenters. The summed E-state index contributed by atoms with van der Waals surface area (Å²) in [6.07, 6.45) is 0. The predicted octanol–water partition coefficient (Wildman–Crippen LogP) is 2.89. The molecule has 140 valence electrons. The van der Waals surface area contributed by atoms with Crippen LogP contribution in [0.3, 0.4) is 0 Å². The Morgan fingerprint density at radius 1 is 1.40 bits per heavy atom. The highest BCUT2D eigenvalue weighted by Crippen LogP contribution is 2.26. The Hall–Kier alpha value is -1.03. The zero-order valence-corrected chi connectivity index (χ0v) is 18.8. The first-order valence-electron chi connectivity index (χ1n) is 7.86. The molecule has 1 aliphatic rings. The molecule has 1 saturated heterocycles. The van der Waals surface area contributed by atoms with Gasteiger partial charge in [-0.25, -0.2) is 0 Å². The number of benzene rings is 1. The summed E-state index contributed by atoms with van der Waals surface area (Å²) in [5, 5.41) is 3.35. The lowest BCUT2D eigenvalue weighted by atomic mass is 9.99. The molecule has 6 nitrogen and oxygen atoms in total. The highest BCUT2D eigenvalue weighted by Gasteiger charge is 2.36. The molecular formula is C17H25BrIN3O3. The fraction of sp³-hybridized carbons (Fsp3) is 0.529. The number of likely N-dealkylation sites (tertiary alicyclic amines) is 1. The van der Waals surface area contributed by atoms with E-state index in [1.165, 1.54) is 7.11 Å². The van der Waals surface area contributed by atoms with E-state index in [0.29, 0.717) is 13.1 Å². The van der Waals surface area contributed by atoms with E-state index in [0.717, 1.165) is 28.3 Å². The molecule has 1 aromatic carbocycles. The van der Waals surface area contributed by atoms with Crippen LogP contribution in [0.15, 0.2) is 27.7 Å². The number of guanidine groups is 1. The summed E-state index contributed by atoms with van der Waals surface area (Å²) in [6.45, 7) is 4.12. The molecule has 0 amide bonds. The molecule has 0 aromatic heterocycles. The number of aliphatic imine (C=N–C) groups is 1. The van der Waals surface area contributed by atoms with Crippen molar-refractivity contribution in [1.29, 1.82) is 0 Å². The van der Waals surface area contributed by atoms with Crippen molar-refractivity contribution in [2.75, 3.05) is 34.4 Å². The zero-order valence-electron chi connectivity index (χ0n) is 14.9. The summed E-state index contributed by atoms with van der Waals surface area (Å²) in [5.74, 6) is 1.58. The normalized spacial score (nSPS) is 20.0. The second-order valence-corrected chi connectivity index (χ2v) is 6.74. The van der Waals surface area contributed by atoms with Gasteiger partial charge in [0.1, 0.15) is 5.75 Å². The van der Waals surface area contributed by atoms with Gasteiger partial charge in [-0.05, 0) is 39.5 Å². The van der Waals surface area contributed by atoms with Crippen LogP contribution in [-0.2, 0) is 16.1 Å². The van der Waals surface area contributed by atoms with Gasteiger partial charge in [0.2, 0.25) is 0 Å². The Labute approximate surface area is 174 Å². The van der Waals surface area contributed by atoms with Crippen LogP contribution < -0.4 is 10.1 Å². The van der Waals surface area contributed by atoms with Crippen LogP contribution in [0, 0.1) is 11.8 Å². The molecule has 25 heavy (non-hydrogen) atoms. The third-order valence-corrected chi connectivity index (χ3v) is 4.91. The number of nitrogens with one attached hydrogen (secondary N) is 1. The maximum Gasteiger partial charge on any atom is 0.310 e. The maximum atomic E-state index is 11.8. The molecule has 0 spiro atoms. The Balaban J connectivity index is 0.00000312. The van der Waals surface area contributed by atoms with E-state index in [1.54, 1.807) is 14.2 Å². The van der Waals surface area contributed by atoms with E-state index in [9.17, 15) is 4.79 Å². The molecule has 1 fully saturated rings. The lowest BCUT2D eigenvalue weighted by Gasteiger charge is -2.21. The lowest BCUT2D eigenvalue weighted by Crippen LogP contribution is -2.40.